The van der Waals surface area contributed by atoms with Crippen LogP contribution in [0.3, 0.4) is 0 Å². The molecule has 2 saturated carbocycles. The van der Waals surface area contributed by atoms with Crippen molar-refractivity contribution >= 4 is 139 Å². The van der Waals surface area contributed by atoms with Crippen LogP contribution in [-0.4, -0.2) is 72.9 Å². The van der Waals surface area contributed by atoms with Crippen molar-refractivity contribution in [3.8, 4) is 0 Å². The highest BCUT2D eigenvalue weighted by atomic mass is 16.4. The summed E-state index contributed by atoms with van der Waals surface area (Å²) in [6.45, 7) is 19.7. The Morgan fingerprint density at radius 1 is 0.291 bits per heavy atom. The summed E-state index contributed by atoms with van der Waals surface area (Å²) in [6.07, 6.45) is 3.78. The third-order valence-electron chi connectivity index (χ3n) is 29.2. The molecule has 5 unspecified atom stereocenters. The minimum atomic E-state index is -3.10. The van der Waals surface area contributed by atoms with E-state index in [4.69, 9.17) is 55.0 Å². The predicted molar refractivity (Wildman–Crippen MR) is 536 cm³/mol. The Bertz CT molecular complexity index is 7600. The molecule has 5 saturated heterocycles. The summed E-state index contributed by atoms with van der Waals surface area (Å²) < 4.78 is 270. The van der Waals surface area contributed by atoms with Gasteiger partial charge in [-0.05, 0) is 306 Å². The van der Waals surface area contributed by atoms with Crippen molar-refractivity contribution in [2.24, 2.45) is 27.1 Å². The Morgan fingerprint density at radius 2 is 0.559 bits per heavy atom. The minimum absolute atomic E-state index is 0.0956. The molecule has 15 aromatic rings. The number of benzene rings is 7. The minimum Gasteiger partial charge on any atom is -0.454 e. The van der Waals surface area contributed by atoms with Gasteiger partial charge in [-0.2, -0.15) is 0 Å². The van der Waals surface area contributed by atoms with Crippen LogP contribution in [0.5, 0.6) is 0 Å². The normalized spacial score (nSPS) is 29.1. The number of anilines is 5. The van der Waals surface area contributed by atoms with Crippen LogP contribution in [-0.2, 0) is 0 Å². The molecule has 8 aromatic heterocycles. The molecule has 0 bridgehead atoms. The van der Waals surface area contributed by atoms with Crippen molar-refractivity contribution in [3.63, 3.8) is 0 Å². The topological polar surface area (TPSA) is 121 Å². The molecule has 13 heteroatoms. The van der Waals surface area contributed by atoms with Crippen molar-refractivity contribution in [2.45, 2.75) is 340 Å². The lowest BCUT2D eigenvalue weighted by atomic mass is 9.68. The Balaban J connectivity index is 0.000000126. The van der Waals surface area contributed by atoms with Crippen molar-refractivity contribution in [2.75, 3.05) is 24.5 Å². The lowest BCUT2D eigenvalue weighted by Gasteiger charge is -2.41. The van der Waals surface area contributed by atoms with Crippen molar-refractivity contribution in [1.29, 1.82) is 0 Å². The first-order valence-electron chi connectivity index (χ1n) is 59.5. The van der Waals surface area contributed by atoms with Crippen LogP contribution in [0.15, 0.2) is 180 Å². The molecule has 7 aromatic carbocycles. The van der Waals surface area contributed by atoms with Crippen molar-refractivity contribution < 1.29 is 60.5 Å². The Kier molecular flexibility index (Phi) is 14.7. The molecule has 22 rings (SSSR count). The number of pyridine rings is 3. The lowest BCUT2D eigenvalue weighted by Crippen LogP contribution is -2.44. The van der Waals surface area contributed by atoms with Crippen LogP contribution in [0.25, 0.3) is 110 Å². The van der Waals surface area contributed by atoms with Crippen LogP contribution >= 0.6 is 0 Å². The molecule has 7 aliphatic rings. The van der Waals surface area contributed by atoms with Gasteiger partial charge in [0.05, 0.1) is 28.4 Å². The lowest BCUT2D eigenvalue weighted by molar-refractivity contribution is 0.170. The first kappa shape index (κ1) is 60.0. The summed E-state index contributed by atoms with van der Waals surface area (Å²) in [5.41, 5.74) is 0.737. The largest absolute Gasteiger partial charge is 0.454 e. The van der Waals surface area contributed by atoms with E-state index in [0.717, 1.165) is 167 Å². The van der Waals surface area contributed by atoms with Gasteiger partial charge < -0.3 is 46.6 Å². The molecule has 2 spiro atoms. The molecule has 13 nitrogen and oxygen atoms in total. The van der Waals surface area contributed by atoms with Gasteiger partial charge in [0.1, 0.15) is 11.2 Å². The molecular formula is C114H142N8O5. The molecular weight excluding hydrogens is 1560 g/mol. The Hall–Kier alpha value is -10.0. The number of hydrogen-bond donors (Lipinski definition) is 0. The van der Waals surface area contributed by atoms with Crippen LogP contribution in [0, 0.1) is 68.6 Å². The molecule has 668 valence electrons. The fourth-order valence-corrected chi connectivity index (χ4v) is 23.5. The van der Waals surface area contributed by atoms with E-state index in [1.165, 1.54) is 33.6 Å². The van der Waals surface area contributed by atoms with Gasteiger partial charge in [-0.3, -0.25) is 0 Å². The van der Waals surface area contributed by atoms with Crippen LogP contribution < -0.4 is 24.5 Å². The zero-order chi connectivity index (χ0) is 114. The standard InChI is InChI=1S/C25H31NO.C24H30N2O.C22H28N2O.C22H27NO.C21H26N2O/c1-17-12-13-20-19-10-6-7-11-21(19)27-23(20)22(17)26-18(2)25(16-24(26,3)4)14-8-5-9-15-25;1-16-10-11-18-19-9-8-14-25-22(19)27-21(18)20(16)26-17(2)24(15-23(26,3)4)12-6-5-7-13-24;1-13-8-10-16-17-11-9-14(2)23-20(17)25-19(16)18(13)24-15(3)21(4,5)12-22(24,6)7;1-14-11-12-17-16-9-7-8-10-18(16)24-20(17)19(14)23-15(2)21(3,4)13-22(23,5)6;1-13-9-10-15-16-8-7-11-22-19(16)24-18(15)17(13)23-14(2)20(3,4)12-21(23,5)6/h6-7,10-13,18H,5,8-9,14-16H2,1-4H3;8-11,14,17H,5-7,12-13,15H2,1-4H3;8-11,15H,12H2,1-7H3;7-12,15H,13H2,1-6H3;7-11,14H,12H2,1-6H3/i16D2;15D2;4D3,5D3,12D2;3D3,4D3,13D2;3D3,4D3,12D2. The van der Waals surface area contributed by atoms with E-state index in [0.29, 0.717) is 56.5 Å². The molecule has 5 atom stereocenters. The van der Waals surface area contributed by atoms with Gasteiger partial charge in [0.15, 0.2) is 27.9 Å². The first-order chi connectivity index (χ1) is 71.4. The second-order valence-corrected chi connectivity index (χ2v) is 40.1. The second-order valence-electron chi connectivity index (χ2n) is 40.1. The van der Waals surface area contributed by atoms with Gasteiger partial charge >= 0.3 is 0 Å². The average molecular weight is 1730 g/mol. The number of rotatable bonds is 5. The van der Waals surface area contributed by atoms with Gasteiger partial charge in [-0.25, -0.2) is 15.0 Å². The number of hydrogen-bond acceptors (Lipinski definition) is 13. The summed E-state index contributed by atoms with van der Waals surface area (Å²) in [4.78, 5) is 22.7. The second kappa shape index (κ2) is 31.1. The SMILES string of the molecule is [2H]C([2H])([2H])C1(C([2H])([2H])[2H])C(C)N(c2c(C)ccc3c2oc2ccccc23)C(C)(C)C1([2H])[2H].[2H]C([2H])([2H])C1(C([2H])([2H])[2H])C(C)N(c2c(C)ccc3c2oc2nc(C)ccc23)C(C)(C)C1([2H])[2H].[2H]C([2H])([2H])C1(C([2H])([2H])[2H])C(C)N(c2c(C)ccc3c2oc2ncccc23)C(C)(C)C1([2H])[2H].[2H]C1([2H])C2(CCCCC2)C(C)N(c2c(C)ccc3c2oc2ccccc23)C1(C)C.[2H]C1([2H])C2(CCCCC2)C(C)N(c2c(C)ccc3c2oc2ncccc23)C1(C)C. The molecule has 7 fully saturated rings. The zero-order valence-electron chi connectivity index (χ0n) is 106. The maximum Gasteiger partial charge on any atom is 0.227 e. The van der Waals surface area contributed by atoms with E-state index >= 15 is 0 Å². The summed E-state index contributed by atoms with van der Waals surface area (Å²) in [5, 5.41) is 9.07. The van der Waals surface area contributed by atoms with E-state index < -0.39 is 135 Å². The number of aryl methyl sites for hydroxylation is 6. The summed E-state index contributed by atoms with van der Waals surface area (Å²) in [6, 6.07) is 43.6. The van der Waals surface area contributed by atoms with Crippen molar-refractivity contribution in [1.82, 2.24) is 15.0 Å². The van der Waals surface area contributed by atoms with Gasteiger partial charge in [0.2, 0.25) is 17.1 Å². The number of furan rings is 5. The fraction of sp³-hybridized carbons (Fsp3) is 0.500. The summed E-state index contributed by atoms with van der Waals surface area (Å²) >= 11 is 0. The number of aromatic nitrogens is 3. The monoisotopic (exact) mass is 1730 g/mol. The fourth-order valence-electron chi connectivity index (χ4n) is 23.5. The zero-order valence-corrected chi connectivity index (χ0v) is 77.6. The molecule has 0 N–H and O–H groups in total. The number of fused-ring (bicyclic) bond motifs is 15. The third kappa shape index (κ3) is 14.5. The molecule has 0 radical (unpaired) electrons. The Labute approximate surface area is 794 Å². The highest BCUT2D eigenvalue weighted by Gasteiger charge is 2.58. The van der Waals surface area contributed by atoms with Crippen molar-refractivity contribution in [3.05, 3.63) is 191 Å². The number of nitrogens with zero attached hydrogens (tertiary/aromatic N) is 8. The van der Waals surface area contributed by atoms with E-state index in [9.17, 15) is 5.48 Å². The van der Waals surface area contributed by atoms with Gasteiger partial charge in [0, 0.05) is 168 Å². The maximum atomic E-state index is 9.32. The summed E-state index contributed by atoms with van der Waals surface area (Å²) in [5.74, 6) is 0. The maximum absolute atomic E-state index is 9.32. The Morgan fingerprint density at radius 3 is 0.882 bits per heavy atom. The third-order valence-corrected chi connectivity index (χ3v) is 29.2. The van der Waals surface area contributed by atoms with E-state index in [2.05, 4.69) is 117 Å². The smallest absolute Gasteiger partial charge is 0.227 e. The van der Waals surface area contributed by atoms with E-state index in [1.54, 1.807) is 74.7 Å². The average Bonchev–Trinajstić information content (AvgIpc) is 1.49. The van der Waals surface area contributed by atoms with Gasteiger partial charge in [0.25, 0.3) is 0 Å². The highest BCUT2D eigenvalue weighted by Crippen LogP contribution is 2.61. The van der Waals surface area contributed by atoms with Crippen LogP contribution in [0.2, 0.25) is 0 Å². The molecule has 5 aliphatic heterocycles. The van der Waals surface area contributed by atoms with Crippen LogP contribution in [0.1, 0.15) is 313 Å². The quantitative estimate of drug-likeness (QED) is 0.163. The first-order valence-corrected chi connectivity index (χ1v) is 45.5. The van der Waals surface area contributed by atoms with E-state index in [1.807, 2.05) is 131 Å². The molecule has 2 aliphatic carbocycles. The highest BCUT2D eigenvalue weighted by molar-refractivity contribution is 6.13. The molecule has 0 amide bonds. The number of para-hydroxylation sites is 2. The van der Waals surface area contributed by atoms with E-state index in [-0.39, 0.29) is 22.9 Å². The van der Waals surface area contributed by atoms with Crippen LogP contribution in [0.4, 0.5) is 28.4 Å². The van der Waals surface area contributed by atoms with Gasteiger partial charge in [-0.1, -0.05) is 177 Å². The van der Waals surface area contributed by atoms with Gasteiger partial charge in [-0.15, -0.1) is 0 Å². The predicted octanol–water partition coefficient (Wildman–Crippen LogP) is 31.8. The molecule has 127 heavy (non-hydrogen) atoms. The molecule has 13 heterocycles. The summed E-state index contributed by atoms with van der Waals surface area (Å²) in [7, 11) is 0.